The maximum Gasteiger partial charge on any atom is 0.327 e. The first kappa shape index (κ1) is 9.55. The Morgan fingerprint density at radius 2 is 2.54 bits per heavy atom. The molecule has 1 N–H and O–H groups in total. The van der Waals surface area contributed by atoms with Gasteiger partial charge in [-0.25, -0.2) is 4.98 Å². The van der Waals surface area contributed by atoms with Crippen molar-refractivity contribution < 1.29 is 4.79 Å². The Hall–Kier alpha value is -1.54. The van der Waals surface area contributed by atoms with Gasteiger partial charge in [-0.05, 0) is 6.07 Å². The largest absolute Gasteiger partial charge is 0.410 e. The minimum atomic E-state index is 0.291. The summed E-state index contributed by atoms with van der Waals surface area (Å²) in [5.74, 6) is 0.410. The van der Waals surface area contributed by atoms with Crippen molar-refractivity contribution in [3.8, 4) is 6.07 Å². The Morgan fingerprint density at radius 1 is 1.77 bits per heavy atom. The molecule has 1 rings (SSSR count). The summed E-state index contributed by atoms with van der Waals surface area (Å²) < 4.78 is 0. The van der Waals surface area contributed by atoms with Gasteiger partial charge in [0, 0.05) is 6.20 Å². The highest BCUT2D eigenvalue weighted by Gasteiger charge is 2.01. The van der Waals surface area contributed by atoms with E-state index in [1.54, 1.807) is 0 Å². The smallest absolute Gasteiger partial charge is 0.327 e. The lowest BCUT2D eigenvalue weighted by atomic mass is 9.99. The molecule has 1 aromatic heterocycles. The average Bonchev–Trinajstić information content (AvgIpc) is 2.16. The summed E-state index contributed by atoms with van der Waals surface area (Å²) in [4.78, 5) is 13.8. The van der Waals surface area contributed by atoms with Gasteiger partial charge in [-0.3, -0.25) is 0 Å². The molecule has 6 heteroatoms. The number of carbonyl (C=O) groups excluding carboxylic acids is 1. The van der Waals surface area contributed by atoms with Gasteiger partial charge in [-0.2, -0.15) is 5.26 Å². The van der Waals surface area contributed by atoms with E-state index in [1.165, 1.54) is 19.7 Å². The SMILES string of the molecule is N#Cc1cc(N[B]C=O)ncc1Cl. The minimum absolute atomic E-state index is 0.291. The number of aromatic nitrogens is 1. The zero-order valence-electron chi connectivity index (χ0n) is 6.49. The maximum atomic E-state index is 9.96. The molecule has 0 atom stereocenters. The third kappa shape index (κ3) is 2.46. The molecule has 1 heterocycles. The first-order valence-corrected chi connectivity index (χ1v) is 3.75. The number of rotatable bonds is 3. The van der Waals surface area contributed by atoms with Crippen molar-refractivity contribution in [2.45, 2.75) is 0 Å². The van der Waals surface area contributed by atoms with Crippen molar-refractivity contribution in [3.63, 3.8) is 0 Å². The van der Waals surface area contributed by atoms with Crippen molar-refractivity contribution in [3.05, 3.63) is 22.8 Å². The van der Waals surface area contributed by atoms with Gasteiger partial charge in [0.15, 0.2) is 0 Å². The summed E-state index contributed by atoms with van der Waals surface area (Å²) in [5, 5.41) is 11.5. The molecule has 0 fully saturated rings. The first-order valence-electron chi connectivity index (χ1n) is 3.37. The van der Waals surface area contributed by atoms with Crippen LogP contribution in [-0.2, 0) is 4.79 Å². The molecule has 0 aliphatic heterocycles. The predicted molar refractivity (Wildman–Crippen MR) is 50.1 cm³/mol. The summed E-state index contributed by atoms with van der Waals surface area (Å²) in [5.41, 5.74) is 0.318. The second-order valence-electron chi connectivity index (χ2n) is 2.11. The fourth-order valence-electron chi connectivity index (χ4n) is 0.723. The highest BCUT2D eigenvalue weighted by molar-refractivity contribution is 6.69. The molecular formula is C7H4BClN3O. The topological polar surface area (TPSA) is 65.8 Å². The van der Waals surface area contributed by atoms with Crippen molar-refractivity contribution in [2.24, 2.45) is 0 Å². The Bertz CT molecular complexity index is 363. The quantitative estimate of drug-likeness (QED) is 0.569. The molecule has 0 saturated heterocycles. The van der Waals surface area contributed by atoms with Gasteiger partial charge >= 0.3 is 7.41 Å². The van der Waals surface area contributed by atoms with Gasteiger partial charge in [0.2, 0.25) is 0 Å². The lowest BCUT2D eigenvalue weighted by molar-refractivity contribution is 0.568. The number of hydrogen-bond acceptors (Lipinski definition) is 4. The number of nitrogens with one attached hydrogen (secondary N) is 1. The Morgan fingerprint density at radius 3 is 3.15 bits per heavy atom. The number of anilines is 1. The van der Waals surface area contributed by atoms with E-state index < -0.39 is 0 Å². The van der Waals surface area contributed by atoms with Crippen LogP contribution in [0.25, 0.3) is 0 Å². The van der Waals surface area contributed by atoms with Crippen LogP contribution in [0.3, 0.4) is 0 Å². The van der Waals surface area contributed by atoms with E-state index >= 15 is 0 Å². The van der Waals surface area contributed by atoms with E-state index in [0.29, 0.717) is 22.6 Å². The summed E-state index contributed by atoms with van der Waals surface area (Å²) in [6.07, 6.45) is 1.93. The van der Waals surface area contributed by atoms with Crippen LogP contribution in [0, 0.1) is 11.3 Å². The fourth-order valence-corrected chi connectivity index (χ4v) is 0.868. The van der Waals surface area contributed by atoms with E-state index in [-0.39, 0.29) is 0 Å². The van der Waals surface area contributed by atoms with E-state index in [2.05, 4.69) is 10.2 Å². The number of hydrogen-bond donors (Lipinski definition) is 1. The van der Waals surface area contributed by atoms with Gasteiger partial charge in [0.25, 0.3) is 0 Å². The molecule has 63 valence electrons. The second kappa shape index (κ2) is 4.48. The standard InChI is InChI=1S/C7H4BClN3O/c9-6-3-11-7(12-8-4-13)1-5(6)2-10/h1,3-4H,(H,11,12). The summed E-state index contributed by atoms with van der Waals surface area (Å²) in [6.45, 7) is 0. The van der Waals surface area contributed by atoms with Crippen molar-refractivity contribution >= 4 is 31.0 Å². The Balaban J connectivity index is 2.87. The van der Waals surface area contributed by atoms with Crippen molar-refractivity contribution in [2.75, 3.05) is 5.23 Å². The molecule has 0 saturated carbocycles. The molecule has 0 aliphatic rings. The maximum absolute atomic E-state index is 9.96. The second-order valence-corrected chi connectivity index (χ2v) is 2.52. The molecule has 1 radical (unpaired) electrons. The van der Waals surface area contributed by atoms with Crippen LogP contribution in [0.5, 0.6) is 0 Å². The molecule has 0 amide bonds. The lowest BCUT2D eigenvalue weighted by Gasteiger charge is -2.00. The van der Waals surface area contributed by atoms with Gasteiger partial charge in [-0.1, -0.05) is 11.6 Å². The Labute approximate surface area is 80.8 Å². The molecular weight excluding hydrogens is 188 g/mol. The number of halogens is 1. The number of nitriles is 1. The van der Waals surface area contributed by atoms with Gasteiger partial charge in [0.05, 0.1) is 10.6 Å². The highest BCUT2D eigenvalue weighted by atomic mass is 35.5. The normalized spacial score (nSPS) is 8.62. The van der Waals surface area contributed by atoms with E-state index in [0.717, 1.165) is 0 Å². The molecule has 0 unspecified atom stereocenters. The summed E-state index contributed by atoms with van der Waals surface area (Å²) >= 11 is 5.64. The van der Waals surface area contributed by atoms with Crippen LogP contribution in [0.15, 0.2) is 12.3 Å². The third-order valence-corrected chi connectivity index (χ3v) is 1.58. The van der Waals surface area contributed by atoms with Crippen molar-refractivity contribution in [1.82, 2.24) is 4.98 Å². The number of carbonyl (C=O) groups is 1. The lowest BCUT2D eigenvalue weighted by Crippen LogP contribution is -2.08. The molecule has 0 aliphatic carbocycles. The molecule has 0 aromatic carbocycles. The zero-order valence-corrected chi connectivity index (χ0v) is 7.25. The Kier molecular flexibility index (Phi) is 3.29. The van der Waals surface area contributed by atoms with Crippen LogP contribution >= 0.6 is 11.6 Å². The molecule has 1 aromatic rings. The number of nitrogens with zero attached hydrogens (tertiary/aromatic N) is 2. The van der Waals surface area contributed by atoms with Gasteiger partial charge in [0.1, 0.15) is 18.1 Å². The first-order chi connectivity index (χ1) is 6.27. The highest BCUT2D eigenvalue weighted by Crippen LogP contribution is 2.16. The van der Waals surface area contributed by atoms with Crippen LogP contribution in [0.4, 0.5) is 5.82 Å². The molecule has 0 spiro atoms. The summed E-state index contributed by atoms with van der Waals surface area (Å²) in [7, 11) is 1.18. The predicted octanol–water partition coefficient (Wildman–Crippen LogP) is 0.828. The van der Waals surface area contributed by atoms with Crippen LogP contribution in [0.2, 0.25) is 5.02 Å². The molecule has 4 nitrogen and oxygen atoms in total. The third-order valence-electron chi connectivity index (χ3n) is 1.28. The minimum Gasteiger partial charge on any atom is -0.410 e. The van der Waals surface area contributed by atoms with E-state index in [4.69, 9.17) is 16.9 Å². The molecule has 13 heavy (non-hydrogen) atoms. The monoisotopic (exact) mass is 192 g/mol. The van der Waals surface area contributed by atoms with Gasteiger partial charge < -0.3 is 10.0 Å². The van der Waals surface area contributed by atoms with Crippen LogP contribution < -0.4 is 5.23 Å². The number of pyridine rings is 1. The fraction of sp³-hybridized carbons (Fsp3) is 0. The van der Waals surface area contributed by atoms with E-state index in [1.807, 2.05) is 6.07 Å². The van der Waals surface area contributed by atoms with Gasteiger partial charge in [-0.15, -0.1) is 0 Å². The zero-order chi connectivity index (χ0) is 9.68. The average molecular weight is 192 g/mol. The van der Waals surface area contributed by atoms with E-state index in [9.17, 15) is 4.79 Å². The van der Waals surface area contributed by atoms with Crippen molar-refractivity contribution in [1.29, 1.82) is 5.26 Å². The molecule has 0 bridgehead atoms. The van der Waals surface area contributed by atoms with Crippen LogP contribution in [-0.4, -0.2) is 18.6 Å². The summed E-state index contributed by atoms with van der Waals surface area (Å²) in [6, 6.07) is 3.36. The van der Waals surface area contributed by atoms with Crippen LogP contribution in [0.1, 0.15) is 5.56 Å².